The Morgan fingerprint density at radius 3 is 2.55 bits per heavy atom. The van der Waals surface area contributed by atoms with Gasteiger partial charge in [0, 0.05) is 18.8 Å². The molecule has 2 saturated carbocycles. The first-order valence-electron chi connectivity index (χ1n) is 7.55. The summed E-state index contributed by atoms with van der Waals surface area (Å²) >= 11 is 0. The SMILES string of the molecule is C1COC2(CCC(OCc3noc(C4CC4)n3)CC2)O1. The Bertz CT molecular complexity index is 455. The fourth-order valence-corrected chi connectivity index (χ4v) is 3.00. The lowest BCUT2D eigenvalue weighted by Gasteiger charge is -2.35. The predicted molar refractivity (Wildman–Crippen MR) is 68.0 cm³/mol. The Labute approximate surface area is 117 Å². The van der Waals surface area contributed by atoms with Crippen molar-refractivity contribution in [3.05, 3.63) is 11.7 Å². The van der Waals surface area contributed by atoms with E-state index in [4.69, 9.17) is 18.7 Å². The smallest absolute Gasteiger partial charge is 0.229 e. The molecule has 1 saturated heterocycles. The Kier molecular flexibility index (Phi) is 3.24. The molecule has 2 aliphatic carbocycles. The summed E-state index contributed by atoms with van der Waals surface area (Å²) in [6.45, 7) is 1.88. The highest BCUT2D eigenvalue weighted by atomic mass is 16.7. The molecule has 0 N–H and O–H groups in total. The molecular weight excluding hydrogens is 260 g/mol. The van der Waals surface area contributed by atoms with Gasteiger partial charge in [0.05, 0.1) is 19.3 Å². The monoisotopic (exact) mass is 280 g/mol. The average Bonchev–Trinajstić information content (AvgIpc) is 3.05. The minimum Gasteiger partial charge on any atom is -0.370 e. The first kappa shape index (κ1) is 12.7. The van der Waals surface area contributed by atoms with Crippen molar-refractivity contribution in [2.45, 2.75) is 62.9 Å². The van der Waals surface area contributed by atoms with Crippen molar-refractivity contribution >= 4 is 0 Å². The highest BCUT2D eigenvalue weighted by Gasteiger charge is 2.40. The normalized spacial score (nSPS) is 26.4. The van der Waals surface area contributed by atoms with Gasteiger partial charge in [-0.05, 0) is 25.7 Å². The van der Waals surface area contributed by atoms with Gasteiger partial charge in [-0.2, -0.15) is 4.98 Å². The molecule has 1 aromatic heterocycles. The summed E-state index contributed by atoms with van der Waals surface area (Å²) in [5, 5.41) is 3.97. The maximum absolute atomic E-state index is 5.89. The average molecular weight is 280 g/mol. The van der Waals surface area contributed by atoms with Crippen LogP contribution in [-0.2, 0) is 20.8 Å². The summed E-state index contributed by atoms with van der Waals surface area (Å²) in [5.74, 6) is 1.63. The largest absolute Gasteiger partial charge is 0.370 e. The number of nitrogens with zero attached hydrogens (tertiary/aromatic N) is 2. The van der Waals surface area contributed by atoms with E-state index in [2.05, 4.69) is 10.1 Å². The first-order valence-corrected chi connectivity index (χ1v) is 7.55. The second kappa shape index (κ2) is 5.09. The minimum atomic E-state index is -0.314. The van der Waals surface area contributed by atoms with Crippen LogP contribution < -0.4 is 0 Å². The van der Waals surface area contributed by atoms with E-state index in [0.717, 1.165) is 44.8 Å². The summed E-state index contributed by atoms with van der Waals surface area (Å²) < 4.78 is 22.5. The molecule has 1 spiro atoms. The first-order chi connectivity index (χ1) is 9.83. The zero-order valence-electron chi connectivity index (χ0n) is 11.5. The van der Waals surface area contributed by atoms with Gasteiger partial charge in [0.2, 0.25) is 5.89 Å². The second-order valence-electron chi connectivity index (χ2n) is 5.94. The minimum absolute atomic E-state index is 0.247. The molecule has 0 bridgehead atoms. The topological polar surface area (TPSA) is 66.6 Å². The molecule has 2 heterocycles. The van der Waals surface area contributed by atoms with Crippen LogP contribution in [0.15, 0.2) is 4.52 Å². The van der Waals surface area contributed by atoms with Gasteiger partial charge in [-0.15, -0.1) is 0 Å². The van der Waals surface area contributed by atoms with Gasteiger partial charge in [0.15, 0.2) is 11.6 Å². The molecule has 0 atom stereocenters. The Morgan fingerprint density at radius 2 is 1.85 bits per heavy atom. The molecule has 20 heavy (non-hydrogen) atoms. The van der Waals surface area contributed by atoms with Crippen molar-refractivity contribution < 1.29 is 18.7 Å². The lowest BCUT2D eigenvalue weighted by molar-refractivity contribution is -0.192. The summed E-state index contributed by atoms with van der Waals surface area (Å²) in [7, 11) is 0. The van der Waals surface area contributed by atoms with Crippen LogP contribution >= 0.6 is 0 Å². The van der Waals surface area contributed by atoms with Crippen LogP contribution in [0.1, 0.15) is 56.2 Å². The molecule has 0 unspecified atom stereocenters. The quantitative estimate of drug-likeness (QED) is 0.842. The van der Waals surface area contributed by atoms with Crippen molar-refractivity contribution in [2.24, 2.45) is 0 Å². The van der Waals surface area contributed by atoms with E-state index in [-0.39, 0.29) is 11.9 Å². The van der Waals surface area contributed by atoms with Gasteiger partial charge in [-0.3, -0.25) is 0 Å². The Hall–Kier alpha value is -0.980. The summed E-state index contributed by atoms with van der Waals surface area (Å²) in [5.41, 5.74) is 0. The molecule has 0 amide bonds. The zero-order valence-corrected chi connectivity index (χ0v) is 11.5. The standard InChI is InChI=1S/C14H20N2O4/c1-2-10(1)13-15-12(16-20-13)9-17-11-3-5-14(6-4-11)18-7-8-19-14/h10-11H,1-9H2. The lowest BCUT2D eigenvalue weighted by atomic mass is 9.92. The molecule has 0 aromatic carbocycles. The van der Waals surface area contributed by atoms with Gasteiger partial charge in [-0.1, -0.05) is 5.16 Å². The van der Waals surface area contributed by atoms with Crippen LogP contribution in [0.2, 0.25) is 0 Å². The maximum atomic E-state index is 5.89. The van der Waals surface area contributed by atoms with Crippen LogP contribution in [0.3, 0.4) is 0 Å². The number of aromatic nitrogens is 2. The van der Waals surface area contributed by atoms with Crippen LogP contribution in [-0.4, -0.2) is 35.2 Å². The number of ether oxygens (including phenoxy) is 3. The molecular formula is C14H20N2O4. The van der Waals surface area contributed by atoms with Gasteiger partial charge >= 0.3 is 0 Å². The van der Waals surface area contributed by atoms with Crippen molar-refractivity contribution in [1.29, 1.82) is 0 Å². The van der Waals surface area contributed by atoms with Gasteiger partial charge < -0.3 is 18.7 Å². The molecule has 6 heteroatoms. The van der Waals surface area contributed by atoms with Crippen molar-refractivity contribution in [2.75, 3.05) is 13.2 Å². The summed E-state index contributed by atoms with van der Waals surface area (Å²) in [4.78, 5) is 4.38. The molecule has 1 aromatic rings. The molecule has 1 aliphatic heterocycles. The predicted octanol–water partition coefficient (Wildman–Crippen LogP) is 2.15. The third kappa shape index (κ3) is 2.60. The van der Waals surface area contributed by atoms with Crippen molar-refractivity contribution in [3.8, 4) is 0 Å². The van der Waals surface area contributed by atoms with E-state index in [0.29, 0.717) is 18.3 Å². The molecule has 4 rings (SSSR count). The fraction of sp³-hybridized carbons (Fsp3) is 0.857. The second-order valence-corrected chi connectivity index (χ2v) is 5.94. The molecule has 3 aliphatic rings. The number of hydrogen-bond acceptors (Lipinski definition) is 6. The Balaban J connectivity index is 1.25. The summed E-state index contributed by atoms with van der Waals surface area (Å²) in [6.07, 6.45) is 6.35. The van der Waals surface area contributed by atoms with E-state index < -0.39 is 0 Å². The van der Waals surface area contributed by atoms with Gasteiger partial charge in [0.1, 0.15) is 6.61 Å². The van der Waals surface area contributed by atoms with Gasteiger partial charge in [-0.25, -0.2) is 0 Å². The van der Waals surface area contributed by atoms with Crippen LogP contribution in [0.4, 0.5) is 0 Å². The zero-order chi connectivity index (χ0) is 13.4. The number of hydrogen-bond donors (Lipinski definition) is 0. The maximum Gasteiger partial charge on any atom is 0.229 e. The highest BCUT2D eigenvalue weighted by molar-refractivity contribution is 5.01. The van der Waals surface area contributed by atoms with E-state index in [9.17, 15) is 0 Å². The van der Waals surface area contributed by atoms with Crippen LogP contribution in [0, 0.1) is 0 Å². The molecule has 6 nitrogen and oxygen atoms in total. The molecule has 110 valence electrons. The third-order valence-electron chi connectivity index (χ3n) is 4.37. The van der Waals surface area contributed by atoms with E-state index in [1.54, 1.807) is 0 Å². The molecule has 0 radical (unpaired) electrons. The van der Waals surface area contributed by atoms with Crippen molar-refractivity contribution in [1.82, 2.24) is 10.1 Å². The highest BCUT2D eigenvalue weighted by Crippen LogP contribution is 2.39. The van der Waals surface area contributed by atoms with E-state index >= 15 is 0 Å². The van der Waals surface area contributed by atoms with Gasteiger partial charge in [0.25, 0.3) is 0 Å². The van der Waals surface area contributed by atoms with Crippen LogP contribution in [0.5, 0.6) is 0 Å². The van der Waals surface area contributed by atoms with E-state index in [1.165, 1.54) is 12.8 Å². The van der Waals surface area contributed by atoms with E-state index in [1.807, 2.05) is 0 Å². The van der Waals surface area contributed by atoms with Crippen molar-refractivity contribution in [3.63, 3.8) is 0 Å². The van der Waals surface area contributed by atoms with Crippen LogP contribution in [0.25, 0.3) is 0 Å². The third-order valence-corrected chi connectivity index (χ3v) is 4.37. The summed E-state index contributed by atoms with van der Waals surface area (Å²) in [6, 6.07) is 0. The lowest BCUT2D eigenvalue weighted by Crippen LogP contribution is -2.37. The molecule has 3 fully saturated rings. The Morgan fingerprint density at radius 1 is 1.10 bits per heavy atom. The fourth-order valence-electron chi connectivity index (χ4n) is 3.00. The number of rotatable bonds is 4.